The van der Waals surface area contributed by atoms with Crippen LogP contribution in [0.2, 0.25) is 0 Å². The molecule has 0 aromatic heterocycles. The van der Waals surface area contributed by atoms with Gasteiger partial charge in [0.25, 0.3) is 5.91 Å². The first-order chi connectivity index (χ1) is 14.7. The molecule has 0 aliphatic carbocycles. The van der Waals surface area contributed by atoms with Crippen LogP contribution < -0.4 is 10.6 Å². The van der Waals surface area contributed by atoms with Gasteiger partial charge in [-0.3, -0.25) is 9.36 Å². The summed E-state index contributed by atoms with van der Waals surface area (Å²) >= 11 is 0. The second kappa shape index (κ2) is 8.35. The van der Waals surface area contributed by atoms with Gasteiger partial charge < -0.3 is 19.8 Å². The molecular weight excluding hydrogens is 425 g/mol. The van der Waals surface area contributed by atoms with Crippen LogP contribution in [0.5, 0.6) is 0 Å². The van der Waals surface area contributed by atoms with E-state index >= 15 is 0 Å². The maximum Gasteiger partial charge on any atom is 0.348 e. The third-order valence-electron chi connectivity index (χ3n) is 5.77. The van der Waals surface area contributed by atoms with E-state index in [4.69, 9.17) is 4.52 Å². The number of carbonyl (C=O) groups excluding carboxylic acids is 1. The standard InChI is InChI=1S/C24H36N3O4P/c1-9-31-32(30)19-15(2)11-10-12-16(19)25-21(26-32)17-18(28)20(24(6,7)8)27(22(17)29)14-13-23(3,4)5/h10-12,20,28H,9,13-14H2,1-8H3,(H,25,26,30)/t20-,32?/m1/s1. The molecule has 1 unspecified atom stereocenters. The van der Waals surface area contributed by atoms with E-state index in [0.717, 1.165) is 12.0 Å². The van der Waals surface area contributed by atoms with Gasteiger partial charge in [0, 0.05) is 6.54 Å². The maximum atomic E-state index is 13.8. The number of amidine groups is 1. The summed E-state index contributed by atoms with van der Waals surface area (Å²) in [5, 5.41) is 14.9. The van der Waals surface area contributed by atoms with E-state index in [1.54, 1.807) is 17.9 Å². The van der Waals surface area contributed by atoms with E-state index in [1.807, 2.05) is 39.8 Å². The minimum atomic E-state index is -3.62. The highest BCUT2D eigenvalue weighted by atomic mass is 31.2. The van der Waals surface area contributed by atoms with Gasteiger partial charge in [0.15, 0.2) is 5.84 Å². The molecule has 2 N–H and O–H groups in total. The van der Waals surface area contributed by atoms with Crippen molar-refractivity contribution in [1.82, 2.24) is 4.90 Å². The van der Waals surface area contributed by atoms with E-state index in [0.29, 0.717) is 17.5 Å². The van der Waals surface area contributed by atoms with Gasteiger partial charge in [-0.1, -0.05) is 53.7 Å². The molecule has 0 bridgehead atoms. The first kappa shape index (κ1) is 24.5. The summed E-state index contributed by atoms with van der Waals surface area (Å²) in [5.41, 5.74) is 1.09. The van der Waals surface area contributed by atoms with Crippen LogP contribution in [-0.4, -0.2) is 40.9 Å². The van der Waals surface area contributed by atoms with Gasteiger partial charge in [0.2, 0.25) is 0 Å². The Hall–Kier alpha value is -2.11. The van der Waals surface area contributed by atoms with Gasteiger partial charge in [-0.25, -0.2) is 0 Å². The molecule has 0 radical (unpaired) electrons. The smallest absolute Gasteiger partial charge is 0.348 e. The number of hydrogen-bond acceptors (Lipinski definition) is 5. The number of anilines is 1. The van der Waals surface area contributed by atoms with E-state index in [2.05, 4.69) is 30.9 Å². The van der Waals surface area contributed by atoms with Crippen molar-refractivity contribution in [3.8, 4) is 0 Å². The normalized spacial score (nSPS) is 23.9. The van der Waals surface area contributed by atoms with Crippen LogP contribution in [0.15, 0.2) is 34.3 Å². The zero-order valence-electron chi connectivity index (χ0n) is 20.4. The zero-order valence-corrected chi connectivity index (χ0v) is 21.3. The third-order valence-corrected chi connectivity index (χ3v) is 8.00. The highest BCUT2D eigenvalue weighted by molar-refractivity contribution is 7.66. The van der Waals surface area contributed by atoms with Gasteiger partial charge in [-0.15, -0.1) is 0 Å². The van der Waals surface area contributed by atoms with Gasteiger partial charge >= 0.3 is 7.52 Å². The number of aliphatic hydroxyl groups is 1. The molecule has 8 heteroatoms. The monoisotopic (exact) mass is 461 g/mol. The van der Waals surface area contributed by atoms with Crippen molar-refractivity contribution in [2.75, 3.05) is 18.5 Å². The second-order valence-electron chi connectivity index (χ2n) is 10.8. The van der Waals surface area contributed by atoms with E-state index < -0.39 is 19.0 Å². The Morgan fingerprint density at radius 3 is 2.44 bits per heavy atom. The maximum absolute atomic E-state index is 13.8. The molecule has 1 aromatic rings. The van der Waals surface area contributed by atoms with Gasteiger partial charge in [-0.05, 0) is 42.7 Å². The Balaban J connectivity index is 2.11. The average molecular weight is 462 g/mol. The van der Waals surface area contributed by atoms with Crippen molar-refractivity contribution < 1.29 is 19.0 Å². The molecule has 2 atom stereocenters. The Morgan fingerprint density at radius 1 is 1.22 bits per heavy atom. The number of amides is 1. The number of aliphatic hydroxyl groups excluding tert-OH is 1. The molecule has 176 valence electrons. The topological polar surface area (TPSA) is 91.2 Å². The lowest BCUT2D eigenvalue weighted by Crippen LogP contribution is -2.45. The largest absolute Gasteiger partial charge is 0.509 e. The number of nitrogens with one attached hydrogen (secondary N) is 1. The van der Waals surface area contributed by atoms with Crippen molar-refractivity contribution in [3.05, 3.63) is 35.1 Å². The molecule has 0 saturated heterocycles. The number of fused-ring (bicyclic) bond motifs is 1. The summed E-state index contributed by atoms with van der Waals surface area (Å²) in [6, 6.07) is 4.99. The number of rotatable bonds is 5. The lowest BCUT2D eigenvalue weighted by atomic mass is 9.84. The average Bonchev–Trinajstić information content (AvgIpc) is 2.89. The molecule has 1 amide bonds. The lowest BCUT2D eigenvalue weighted by molar-refractivity contribution is -0.128. The first-order valence-corrected chi connectivity index (χ1v) is 12.7. The van der Waals surface area contributed by atoms with Crippen LogP contribution in [0.3, 0.4) is 0 Å². The predicted molar refractivity (Wildman–Crippen MR) is 130 cm³/mol. The van der Waals surface area contributed by atoms with Crippen LogP contribution in [0.1, 0.15) is 60.5 Å². The van der Waals surface area contributed by atoms with Crippen molar-refractivity contribution >= 4 is 30.3 Å². The Labute approximate surface area is 191 Å². The Morgan fingerprint density at radius 2 is 1.88 bits per heavy atom. The first-order valence-electron chi connectivity index (χ1n) is 11.2. The second-order valence-corrected chi connectivity index (χ2v) is 12.8. The fourth-order valence-corrected chi connectivity index (χ4v) is 6.30. The Bertz CT molecular complexity index is 1030. The van der Waals surface area contributed by atoms with Crippen molar-refractivity contribution in [3.63, 3.8) is 0 Å². The number of carbonyl (C=O) groups is 1. The molecule has 3 rings (SSSR count). The summed E-state index contributed by atoms with van der Waals surface area (Å²) in [7, 11) is -3.62. The minimum absolute atomic E-state index is 0.0306. The van der Waals surface area contributed by atoms with Crippen LogP contribution in [-0.2, 0) is 13.9 Å². The van der Waals surface area contributed by atoms with Gasteiger partial charge in [-0.2, -0.15) is 4.76 Å². The number of hydrogen-bond donors (Lipinski definition) is 2. The quantitative estimate of drug-likeness (QED) is 0.590. The van der Waals surface area contributed by atoms with Crippen molar-refractivity contribution in [1.29, 1.82) is 0 Å². The summed E-state index contributed by atoms with van der Waals surface area (Å²) in [6.45, 7) is 16.7. The van der Waals surface area contributed by atoms with Gasteiger partial charge in [0.05, 0.1) is 23.6 Å². The molecule has 0 saturated carbocycles. The van der Waals surface area contributed by atoms with Crippen LogP contribution in [0.25, 0.3) is 0 Å². The zero-order chi connectivity index (χ0) is 24.1. The summed E-state index contributed by atoms with van der Waals surface area (Å²) in [6.07, 6.45) is 0.783. The lowest BCUT2D eigenvalue weighted by Gasteiger charge is -2.36. The number of aryl methyl sites for hydroxylation is 1. The molecule has 0 fully saturated rings. The highest BCUT2D eigenvalue weighted by Crippen LogP contribution is 2.53. The molecule has 2 aliphatic heterocycles. The van der Waals surface area contributed by atoms with E-state index in [9.17, 15) is 14.5 Å². The number of nitrogens with zero attached hydrogens (tertiary/aromatic N) is 2. The molecule has 32 heavy (non-hydrogen) atoms. The summed E-state index contributed by atoms with van der Waals surface area (Å²) in [5.74, 6) is -0.242. The molecule has 2 heterocycles. The van der Waals surface area contributed by atoms with Crippen LogP contribution >= 0.6 is 7.52 Å². The van der Waals surface area contributed by atoms with Crippen molar-refractivity contribution in [2.24, 2.45) is 15.6 Å². The highest BCUT2D eigenvalue weighted by Gasteiger charge is 2.48. The fraction of sp³-hybridized carbons (Fsp3) is 0.583. The van der Waals surface area contributed by atoms with Crippen LogP contribution in [0, 0.1) is 17.8 Å². The third kappa shape index (κ3) is 4.51. The summed E-state index contributed by atoms with van der Waals surface area (Å²) < 4.78 is 23.9. The van der Waals surface area contributed by atoms with E-state index in [1.165, 1.54) is 0 Å². The number of benzene rings is 1. The predicted octanol–water partition coefficient (Wildman–Crippen LogP) is 5.18. The van der Waals surface area contributed by atoms with Crippen LogP contribution in [0.4, 0.5) is 5.69 Å². The molecule has 0 spiro atoms. The molecular formula is C24H36N3O4P. The molecule has 7 nitrogen and oxygen atoms in total. The summed E-state index contributed by atoms with van der Waals surface area (Å²) in [4.78, 5) is 15.3. The van der Waals surface area contributed by atoms with E-state index in [-0.39, 0.29) is 35.1 Å². The fourth-order valence-electron chi connectivity index (χ4n) is 4.29. The SMILES string of the molecule is CCOP1(=O)N=C(C2=C(O)[C@H](C(C)(C)C)N(CCC(C)(C)C)C2=O)Nc2cccc(C)c21. The molecule has 1 aromatic carbocycles. The van der Waals surface area contributed by atoms with Gasteiger partial charge in [0.1, 0.15) is 11.3 Å². The minimum Gasteiger partial charge on any atom is -0.509 e. The van der Waals surface area contributed by atoms with Crippen molar-refractivity contribution in [2.45, 2.75) is 67.9 Å². The molecule has 2 aliphatic rings. The Kier molecular flexibility index (Phi) is 6.40.